The van der Waals surface area contributed by atoms with Gasteiger partial charge in [0.2, 0.25) is 0 Å². The molecule has 0 saturated carbocycles. The van der Waals surface area contributed by atoms with E-state index in [-0.39, 0.29) is 11.9 Å². The van der Waals surface area contributed by atoms with Gasteiger partial charge in [-0.2, -0.15) is 0 Å². The average molecular weight is 237 g/mol. The van der Waals surface area contributed by atoms with Gasteiger partial charge in [-0.05, 0) is 19.1 Å². The van der Waals surface area contributed by atoms with E-state index >= 15 is 0 Å². The molecule has 94 valence electrons. The van der Waals surface area contributed by atoms with E-state index in [9.17, 15) is 0 Å². The minimum absolute atomic E-state index is 0.136. The van der Waals surface area contributed by atoms with Gasteiger partial charge in [0.05, 0.1) is 0 Å². The Morgan fingerprint density at radius 1 is 1.53 bits per heavy atom. The highest BCUT2D eigenvalue weighted by molar-refractivity contribution is 5.80. The van der Waals surface area contributed by atoms with Crippen molar-refractivity contribution in [1.82, 2.24) is 0 Å². The van der Waals surface area contributed by atoms with Crippen LogP contribution in [0.4, 0.5) is 5.69 Å². The summed E-state index contributed by atoms with van der Waals surface area (Å²) in [6.07, 6.45) is 0.256. The van der Waals surface area contributed by atoms with Crippen molar-refractivity contribution in [2.45, 2.75) is 19.4 Å². The fourth-order valence-electron chi connectivity index (χ4n) is 1.44. The summed E-state index contributed by atoms with van der Waals surface area (Å²) >= 11 is 0. The molecule has 1 aromatic carbocycles. The van der Waals surface area contributed by atoms with E-state index < -0.39 is 0 Å². The smallest absolute Gasteiger partial charge is 0.142 e. The van der Waals surface area contributed by atoms with Crippen LogP contribution in [0.15, 0.2) is 29.4 Å². The van der Waals surface area contributed by atoms with Crippen LogP contribution in [0, 0.1) is 0 Å². The number of nitrogens with two attached hydrogens (primary N) is 1. The van der Waals surface area contributed by atoms with Crippen molar-refractivity contribution >= 4 is 11.5 Å². The molecule has 1 aromatic rings. The second-order valence-electron chi connectivity index (χ2n) is 4.12. The molecule has 3 N–H and O–H groups in total. The van der Waals surface area contributed by atoms with E-state index in [1.54, 1.807) is 0 Å². The molecular weight excluding hydrogens is 218 g/mol. The molecule has 1 atom stereocenters. The predicted molar refractivity (Wildman–Crippen MR) is 68.9 cm³/mol. The lowest BCUT2D eigenvalue weighted by atomic mass is 10.2. The molecular formula is C12H19N3O2. The number of hydrogen-bond acceptors (Lipinski definition) is 4. The van der Waals surface area contributed by atoms with Crippen molar-refractivity contribution in [2.24, 2.45) is 10.9 Å². The zero-order valence-corrected chi connectivity index (χ0v) is 10.4. The first-order chi connectivity index (χ1) is 8.02. The van der Waals surface area contributed by atoms with Gasteiger partial charge in [0, 0.05) is 32.3 Å². The number of hydrogen-bond donors (Lipinski definition) is 2. The highest BCUT2D eigenvalue weighted by Crippen LogP contribution is 2.20. The molecule has 0 heterocycles. The molecule has 0 saturated heterocycles. The number of anilines is 1. The average Bonchev–Trinajstić information content (AvgIpc) is 2.28. The van der Waals surface area contributed by atoms with Gasteiger partial charge in [0.25, 0.3) is 0 Å². The molecule has 0 bridgehead atoms. The largest absolute Gasteiger partial charge is 0.490 e. The molecule has 0 spiro atoms. The lowest BCUT2D eigenvalue weighted by molar-refractivity contribution is 0.226. The molecule has 0 aliphatic rings. The monoisotopic (exact) mass is 237 g/mol. The lowest BCUT2D eigenvalue weighted by Gasteiger charge is -2.17. The number of oxime groups is 1. The third-order valence-corrected chi connectivity index (χ3v) is 2.30. The number of ether oxygens (including phenoxy) is 1. The molecule has 0 fully saturated rings. The van der Waals surface area contributed by atoms with Crippen LogP contribution < -0.4 is 15.4 Å². The van der Waals surface area contributed by atoms with Gasteiger partial charge in [-0.15, -0.1) is 0 Å². The van der Waals surface area contributed by atoms with E-state index in [0.717, 1.165) is 11.4 Å². The summed E-state index contributed by atoms with van der Waals surface area (Å²) in [5, 5.41) is 11.4. The molecule has 0 aliphatic heterocycles. The quantitative estimate of drug-likeness (QED) is 0.353. The zero-order chi connectivity index (χ0) is 12.8. The molecule has 0 aromatic heterocycles. The van der Waals surface area contributed by atoms with Gasteiger partial charge >= 0.3 is 0 Å². The van der Waals surface area contributed by atoms with E-state index in [0.29, 0.717) is 6.42 Å². The highest BCUT2D eigenvalue weighted by atomic mass is 16.5. The van der Waals surface area contributed by atoms with Crippen LogP contribution in [0.2, 0.25) is 0 Å². The fourth-order valence-corrected chi connectivity index (χ4v) is 1.44. The lowest BCUT2D eigenvalue weighted by Crippen LogP contribution is -2.22. The van der Waals surface area contributed by atoms with Crippen LogP contribution >= 0.6 is 0 Å². The van der Waals surface area contributed by atoms with E-state index in [2.05, 4.69) is 5.16 Å². The molecule has 17 heavy (non-hydrogen) atoms. The first-order valence-electron chi connectivity index (χ1n) is 5.43. The van der Waals surface area contributed by atoms with Crippen LogP contribution in [0.3, 0.4) is 0 Å². The third-order valence-electron chi connectivity index (χ3n) is 2.30. The second-order valence-corrected chi connectivity index (χ2v) is 4.12. The maximum Gasteiger partial charge on any atom is 0.142 e. The molecule has 0 amide bonds. The number of amidine groups is 1. The van der Waals surface area contributed by atoms with E-state index in [1.165, 1.54) is 0 Å². The summed E-state index contributed by atoms with van der Waals surface area (Å²) < 4.78 is 5.68. The highest BCUT2D eigenvalue weighted by Gasteiger charge is 2.07. The normalized spacial score (nSPS) is 13.2. The summed E-state index contributed by atoms with van der Waals surface area (Å²) in [5.74, 6) is 0.940. The Bertz CT molecular complexity index is 391. The van der Waals surface area contributed by atoms with Crippen LogP contribution in [-0.4, -0.2) is 31.2 Å². The maximum atomic E-state index is 8.47. The van der Waals surface area contributed by atoms with Crippen molar-refractivity contribution in [1.29, 1.82) is 0 Å². The molecule has 0 radical (unpaired) electrons. The van der Waals surface area contributed by atoms with E-state index in [1.807, 2.05) is 50.2 Å². The van der Waals surface area contributed by atoms with Gasteiger partial charge in [-0.25, -0.2) is 0 Å². The Hall–Kier alpha value is -1.91. The summed E-state index contributed by atoms with van der Waals surface area (Å²) in [7, 11) is 3.94. The first kappa shape index (κ1) is 13.2. The number of nitrogens with zero attached hydrogens (tertiary/aromatic N) is 2. The van der Waals surface area contributed by atoms with Crippen molar-refractivity contribution in [2.75, 3.05) is 19.0 Å². The van der Waals surface area contributed by atoms with Crippen LogP contribution in [0.1, 0.15) is 13.3 Å². The minimum Gasteiger partial charge on any atom is -0.490 e. The number of benzene rings is 1. The molecule has 5 nitrogen and oxygen atoms in total. The van der Waals surface area contributed by atoms with Crippen molar-refractivity contribution in [3.63, 3.8) is 0 Å². The summed E-state index contributed by atoms with van der Waals surface area (Å²) in [6.45, 7) is 1.88. The Balaban J connectivity index is 2.65. The zero-order valence-electron chi connectivity index (χ0n) is 10.4. The molecule has 0 aliphatic carbocycles. The standard InChI is InChI=1S/C12H19N3O2/c1-9(7-12(13)14-16)17-11-6-4-5-10(8-11)15(2)3/h4-6,8-9,16H,7H2,1-3H3,(H2,13,14). The summed E-state index contributed by atoms with van der Waals surface area (Å²) in [4.78, 5) is 2.00. The predicted octanol–water partition coefficient (Wildman–Crippen LogP) is 1.66. The Labute approximate surface area is 101 Å². The molecule has 5 heteroatoms. The Morgan fingerprint density at radius 3 is 2.82 bits per heavy atom. The SMILES string of the molecule is CC(C/C(N)=N/O)Oc1cccc(N(C)C)c1. The van der Waals surface area contributed by atoms with Crippen molar-refractivity contribution in [3.8, 4) is 5.75 Å². The van der Waals surface area contributed by atoms with Gasteiger partial charge in [-0.3, -0.25) is 0 Å². The van der Waals surface area contributed by atoms with Gasteiger partial charge in [-0.1, -0.05) is 11.2 Å². The van der Waals surface area contributed by atoms with Gasteiger partial charge in [0.15, 0.2) is 0 Å². The summed E-state index contributed by atoms with van der Waals surface area (Å²) in [5.41, 5.74) is 6.49. The third kappa shape index (κ3) is 4.22. The second kappa shape index (κ2) is 5.98. The molecule has 1 unspecified atom stereocenters. The topological polar surface area (TPSA) is 71.1 Å². The summed E-state index contributed by atoms with van der Waals surface area (Å²) in [6, 6.07) is 7.76. The van der Waals surface area contributed by atoms with Gasteiger partial charge < -0.3 is 20.6 Å². The minimum atomic E-state index is -0.136. The Kier molecular flexibility index (Phi) is 4.63. The van der Waals surface area contributed by atoms with Crippen LogP contribution in [0.25, 0.3) is 0 Å². The van der Waals surface area contributed by atoms with E-state index in [4.69, 9.17) is 15.7 Å². The maximum absolute atomic E-state index is 8.47. The van der Waals surface area contributed by atoms with Crippen molar-refractivity contribution < 1.29 is 9.94 Å². The van der Waals surface area contributed by atoms with Gasteiger partial charge in [0.1, 0.15) is 17.7 Å². The van der Waals surface area contributed by atoms with Crippen LogP contribution in [-0.2, 0) is 0 Å². The van der Waals surface area contributed by atoms with Crippen LogP contribution in [0.5, 0.6) is 5.75 Å². The Morgan fingerprint density at radius 2 is 2.24 bits per heavy atom. The first-order valence-corrected chi connectivity index (χ1v) is 5.43. The fraction of sp³-hybridized carbons (Fsp3) is 0.417. The number of rotatable bonds is 5. The molecule has 1 rings (SSSR count). The van der Waals surface area contributed by atoms with Crippen molar-refractivity contribution in [3.05, 3.63) is 24.3 Å².